The minimum absolute atomic E-state index is 0.429. The average molecular weight is 193 g/mol. The molecule has 2 nitrogen and oxygen atoms in total. The molecule has 78 valence electrons. The van der Waals surface area contributed by atoms with E-state index in [2.05, 4.69) is 17.9 Å². The summed E-state index contributed by atoms with van der Waals surface area (Å²) in [5, 5.41) is 0. The average Bonchev–Trinajstić information content (AvgIpc) is 2.19. The highest BCUT2D eigenvalue weighted by Crippen LogP contribution is 2.19. The molecule has 0 aromatic heterocycles. The van der Waals surface area contributed by atoms with Gasteiger partial charge in [-0.25, -0.2) is 0 Å². The molecule has 0 radical (unpaired) electrons. The van der Waals surface area contributed by atoms with E-state index in [-0.39, 0.29) is 0 Å². The van der Waals surface area contributed by atoms with Gasteiger partial charge in [0.2, 0.25) is 0 Å². The van der Waals surface area contributed by atoms with Gasteiger partial charge in [0, 0.05) is 25.3 Å². The molecule has 1 saturated carbocycles. The standard InChI is InChI=1S/C12H19NO/c1-3-4-5-10-13(2)11-6-8-12(14)9-7-11/h1,11H,4-10H2,2H3. The Morgan fingerprint density at radius 2 is 2.14 bits per heavy atom. The first-order valence-corrected chi connectivity index (χ1v) is 5.39. The van der Waals surface area contributed by atoms with Gasteiger partial charge in [-0.2, -0.15) is 0 Å². The van der Waals surface area contributed by atoms with E-state index in [4.69, 9.17) is 6.42 Å². The van der Waals surface area contributed by atoms with Crippen LogP contribution in [0.1, 0.15) is 38.5 Å². The molecule has 0 unspecified atom stereocenters. The predicted molar refractivity (Wildman–Crippen MR) is 58.0 cm³/mol. The molecule has 0 amide bonds. The topological polar surface area (TPSA) is 20.3 Å². The maximum absolute atomic E-state index is 11.0. The normalized spacial score (nSPS) is 18.5. The van der Waals surface area contributed by atoms with Gasteiger partial charge in [-0.3, -0.25) is 4.79 Å². The smallest absolute Gasteiger partial charge is 0.133 e. The minimum Gasteiger partial charge on any atom is -0.303 e. The van der Waals surface area contributed by atoms with Crippen molar-refractivity contribution in [3.05, 3.63) is 0 Å². The molecule has 2 heteroatoms. The van der Waals surface area contributed by atoms with E-state index in [1.165, 1.54) is 0 Å². The zero-order chi connectivity index (χ0) is 10.4. The number of hydrogen-bond acceptors (Lipinski definition) is 2. The molecular formula is C12H19NO. The monoisotopic (exact) mass is 193 g/mol. The summed E-state index contributed by atoms with van der Waals surface area (Å²) in [6.45, 7) is 1.06. The van der Waals surface area contributed by atoms with E-state index in [0.717, 1.165) is 45.1 Å². The van der Waals surface area contributed by atoms with Crippen molar-refractivity contribution in [2.75, 3.05) is 13.6 Å². The number of terminal acetylenes is 1. The molecule has 1 aliphatic rings. The first kappa shape index (κ1) is 11.3. The van der Waals surface area contributed by atoms with E-state index in [1.54, 1.807) is 0 Å². The van der Waals surface area contributed by atoms with Gasteiger partial charge in [0.1, 0.15) is 5.78 Å². The summed E-state index contributed by atoms with van der Waals surface area (Å²) in [7, 11) is 2.14. The summed E-state index contributed by atoms with van der Waals surface area (Å²) in [5.41, 5.74) is 0. The molecule has 0 bridgehead atoms. The Bertz CT molecular complexity index is 219. The Balaban J connectivity index is 2.20. The zero-order valence-electron chi connectivity index (χ0n) is 8.96. The molecule has 1 fully saturated rings. The fraction of sp³-hybridized carbons (Fsp3) is 0.750. The van der Waals surface area contributed by atoms with Gasteiger partial charge in [0.05, 0.1) is 0 Å². The Kier molecular flexibility index (Phi) is 4.69. The van der Waals surface area contributed by atoms with Gasteiger partial charge in [-0.1, -0.05) is 0 Å². The summed E-state index contributed by atoms with van der Waals surface area (Å²) in [4.78, 5) is 13.4. The molecule has 0 aromatic rings. The summed E-state index contributed by atoms with van der Waals surface area (Å²) in [5.74, 6) is 3.08. The lowest BCUT2D eigenvalue weighted by atomic mass is 9.93. The zero-order valence-corrected chi connectivity index (χ0v) is 8.96. The first-order chi connectivity index (χ1) is 6.74. The number of carbonyl (C=O) groups is 1. The van der Waals surface area contributed by atoms with Gasteiger partial charge in [-0.05, 0) is 32.9 Å². The van der Waals surface area contributed by atoms with Gasteiger partial charge in [0.25, 0.3) is 0 Å². The first-order valence-electron chi connectivity index (χ1n) is 5.39. The van der Waals surface area contributed by atoms with Crippen LogP contribution in [0.5, 0.6) is 0 Å². The van der Waals surface area contributed by atoms with Crippen LogP contribution in [0.3, 0.4) is 0 Å². The van der Waals surface area contributed by atoms with Gasteiger partial charge >= 0.3 is 0 Å². The maximum Gasteiger partial charge on any atom is 0.133 e. The van der Waals surface area contributed by atoms with E-state index in [1.807, 2.05) is 0 Å². The third-order valence-electron chi connectivity index (χ3n) is 2.97. The molecular weight excluding hydrogens is 174 g/mol. The van der Waals surface area contributed by atoms with Crippen molar-refractivity contribution < 1.29 is 4.79 Å². The van der Waals surface area contributed by atoms with Crippen LogP contribution in [0.25, 0.3) is 0 Å². The second-order valence-electron chi connectivity index (χ2n) is 4.06. The fourth-order valence-electron chi connectivity index (χ4n) is 1.98. The van der Waals surface area contributed by atoms with Crippen LogP contribution in [-0.4, -0.2) is 30.3 Å². The van der Waals surface area contributed by atoms with Gasteiger partial charge < -0.3 is 4.90 Å². The van der Waals surface area contributed by atoms with Crippen molar-refractivity contribution in [3.63, 3.8) is 0 Å². The molecule has 0 spiro atoms. The molecule has 0 aromatic carbocycles. The second-order valence-corrected chi connectivity index (χ2v) is 4.06. The molecule has 14 heavy (non-hydrogen) atoms. The quantitative estimate of drug-likeness (QED) is 0.501. The van der Waals surface area contributed by atoms with Crippen molar-refractivity contribution in [1.29, 1.82) is 0 Å². The van der Waals surface area contributed by atoms with Gasteiger partial charge in [-0.15, -0.1) is 12.3 Å². The number of hydrogen-bond donors (Lipinski definition) is 0. The summed E-state index contributed by atoms with van der Waals surface area (Å²) >= 11 is 0. The van der Waals surface area contributed by atoms with Crippen molar-refractivity contribution in [2.24, 2.45) is 0 Å². The third-order valence-corrected chi connectivity index (χ3v) is 2.97. The SMILES string of the molecule is C#CCCCN(C)C1CCC(=O)CC1. The number of ketones is 1. The molecule has 0 saturated heterocycles. The van der Waals surface area contributed by atoms with E-state index in [0.29, 0.717) is 11.8 Å². The van der Waals surface area contributed by atoms with Crippen LogP contribution < -0.4 is 0 Å². The van der Waals surface area contributed by atoms with E-state index < -0.39 is 0 Å². The second kappa shape index (κ2) is 5.82. The van der Waals surface area contributed by atoms with Crippen molar-refractivity contribution in [2.45, 2.75) is 44.6 Å². The van der Waals surface area contributed by atoms with Crippen LogP contribution in [-0.2, 0) is 4.79 Å². The van der Waals surface area contributed by atoms with Crippen LogP contribution >= 0.6 is 0 Å². The number of nitrogens with zero attached hydrogens (tertiary/aromatic N) is 1. The molecule has 0 aliphatic heterocycles. The van der Waals surface area contributed by atoms with E-state index >= 15 is 0 Å². The van der Waals surface area contributed by atoms with Crippen LogP contribution in [0.15, 0.2) is 0 Å². The predicted octanol–water partition coefficient (Wildman–Crippen LogP) is 1.84. The largest absolute Gasteiger partial charge is 0.303 e. The lowest BCUT2D eigenvalue weighted by Crippen LogP contribution is -2.35. The van der Waals surface area contributed by atoms with Gasteiger partial charge in [0.15, 0.2) is 0 Å². The highest BCUT2D eigenvalue weighted by Gasteiger charge is 2.21. The Labute approximate surface area is 86.7 Å². The van der Waals surface area contributed by atoms with Crippen LogP contribution in [0.4, 0.5) is 0 Å². The van der Waals surface area contributed by atoms with E-state index in [9.17, 15) is 4.79 Å². The summed E-state index contributed by atoms with van der Waals surface area (Å²) in [6.07, 6.45) is 10.7. The molecule has 0 atom stereocenters. The van der Waals surface area contributed by atoms with Crippen molar-refractivity contribution in [1.82, 2.24) is 4.90 Å². The lowest BCUT2D eigenvalue weighted by molar-refractivity contribution is -0.121. The highest BCUT2D eigenvalue weighted by molar-refractivity contribution is 5.79. The number of carbonyl (C=O) groups excluding carboxylic acids is 1. The Morgan fingerprint density at radius 3 is 2.71 bits per heavy atom. The molecule has 0 heterocycles. The number of unbranched alkanes of at least 4 members (excludes halogenated alkanes) is 1. The maximum atomic E-state index is 11.0. The molecule has 1 aliphatic carbocycles. The molecule has 0 N–H and O–H groups in total. The van der Waals surface area contributed by atoms with Crippen LogP contribution in [0, 0.1) is 12.3 Å². The van der Waals surface area contributed by atoms with Crippen molar-refractivity contribution >= 4 is 5.78 Å². The summed E-state index contributed by atoms with van der Waals surface area (Å²) in [6, 6.07) is 0.602. The minimum atomic E-state index is 0.429. The lowest BCUT2D eigenvalue weighted by Gasteiger charge is -2.30. The van der Waals surface area contributed by atoms with Crippen molar-refractivity contribution in [3.8, 4) is 12.3 Å². The number of rotatable bonds is 4. The highest BCUT2D eigenvalue weighted by atomic mass is 16.1. The Hall–Kier alpha value is -0.810. The Morgan fingerprint density at radius 1 is 1.50 bits per heavy atom. The molecule has 1 rings (SSSR count). The van der Waals surface area contributed by atoms with Crippen LogP contribution in [0.2, 0.25) is 0 Å². The number of Topliss-reactive ketones (excluding diaryl/α,β-unsaturated/α-hetero) is 1. The fourth-order valence-corrected chi connectivity index (χ4v) is 1.98. The third kappa shape index (κ3) is 3.51. The summed E-state index contributed by atoms with van der Waals surface area (Å²) < 4.78 is 0.